The minimum atomic E-state index is -0.993. The second-order valence-corrected chi connectivity index (χ2v) is 6.99. The average molecular weight is 394 g/mol. The highest BCUT2D eigenvalue weighted by molar-refractivity contribution is 5.64. The first-order valence-electron chi connectivity index (χ1n) is 10.1. The minimum absolute atomic E-state index is 0.0487. The number of unbranched alkanes of at least 4 members (excludes halogenated alkanes) is 2. The normalized spacial score (nSPS) is 11.8. The molecule has 1 heterocycles. The topological polar surface area (TPSA) is 44.2 Å². The minimum Gasteiger partial charge on any atom is -0.494 e. The van der Waals surface area contributed by atoms with Gasteiger partial charge in [0.25, 0.3) is 0 Å². The first kappa shape index (κ1) is 20.8. The van der Waals surface area contributed by atoms with Gasteiger partial charge in [0, 0.05) is 23.5 Å². The van der Waals surface area contributed by atoms with Crippen LogP contribution in [0.1, 0.15) is 33.1 Å². The van der Waals surface area contributed by atoms with Crippen LogP contribution in [0.3, 0.4) is 0 Å². The van der Waals surface area contributed by atoms with Crippen LogP contribution in [0.25, 0.3) is 22.5 Å². The van der Waals surface area contributed by atoms with Crippen molar-refractivity contribution in [2.24, 2.45) is 0 Å². The van der Waals surface area contributed by atoms with Gasteiger partial charge in [-0.1, -0.05) is 31.9 Å². The van der Waals surface area contributed by atoms with Crippen LogP contribution < -0.4 is 9.47 Å². The Morgan fingerprint density at radius 1 is 0.793 bits per heavy atom. The second kappa shape index (κ2) is 10.6. The molecule has 1 atom stereocenters. The molecule has 2 aromatic carbocycles. The summed E-state index contributed by atoms with van der Waals surface area (Å²) < 4.78 is 24.0. The highest BCUT2D eigenvalue weighted by atomic mass is 19.1. The maximum Gasteiger partial charge on any atom is 0.159 e. The molecule has 3 rings (SSSR count). The van der Waals surface area contributed by atoms with E-state index in [1.54, 1.807) is 12.1 Å². The maximum absolute atomic E-state index is 12.9. The van der Waals surface area contributed by atoms with Crippen LogP contribution in [-0.4, -0.2) is 29.4 Å². The van der Waals surface area contributed by atoms with Crippen molar-refractivity contribution in [2.75, 3.05) is 13.2 Å². The highest BCUT2D eigenvalue weighted by Crippen LogP contribution is 2.24. The standard InChI is InChI=1S/C24H27FN2O2/c1-3-4-5-14-28-22-10-6-19(7-11-22)21-15-26-24(27-16-21)20-8-12-23(13-9-20)29-17-18(2)25/h6-13,15-16,18H,3-5,14,17H2,1-2H3. The van der Waals surface area contributed by atoms with E-state index >= 15 is 0 Å². The summed E-state index contributed by atoms with van der Waals surface area (Å²) in [5.74, 6) is 2.15. The number of nitrogens with zero attached hydrogens (tertiary/aromatic N) is 2. The lowest BCUT2D eigenvalue weighted by Crippen LogP contribution is -2.08. The Morgan fingerprint density at radius 3 is 1.97 bits per heavy atom. The highest BCUT2D eigenvalue weighted by Gasteiger charge is 2.05. The molecule has 1 unspecified atom stereocenters. The third-order valence-electron chi connectivity index (χ3n) is 4.45. The van der Waals surface area contributed by atoms with E-state index < -0.39 is 6.17 Å². The van der Waals surface area contributed by atoms with Crippen LogP contribution in [0.4, 0.5) is 4.39 Å². The molecule has 0 amide bonds. The molecule has 0 spiro atoms. The molecule has 0 aliphatic carbocycles. The van der Waals surface area contributed by atoms with E-state index in [0.717, 1.165) is 35.5 Å². The molecule has 0 N–H and O–H groups in total. The zero-order chi connectivity index (χ0) is 20.5. The molecule has 1 aromatic heterocycles. The molecule has 0 bridgehead atoms. The van der Waals surface area contributed by atoms with E-state index in [0.29, 0.717) is 11.6 Å². The van der Waals surface area contributed by atoms with E-state index in [2.05, 4.69) is 16.9 Å². The van der Waals surface area contributed by atoms with Crippen molar-refractivity contribution < 1.29 is 13.9 Å². The van der Waals surface area contributed by atoms with E-state index in [9.17, 15) is 4.39 Å². The van der Waals surface area contributed by atoms with Crippen LogP contribution in [0.2, 0.25) is 0 Å². The van der Waals surface area contributed by atoms with Gasteiger partial charge in [-0.2, -0.15) is 0 Å². The lowest BCUT2D eigenvalue weighted by molar-refractivity contribution is 0.210. The SMILES string of the molecule is CCCCCOc1ccc(-c2cnc(-c3ccc(OCC(C)F)cc3)nc2)cc1. The third kappa shape index (κ3) is 6.28. The molecular weight excluding hydrogens is 367 g/mol. The summed E-state index contributed by atoms with van der Waals surface area (Å²) in [6, 6.07) is 15.3. The predicted molar refractivity (Wildman–Crippen MR) is 114 cm³/mol. The van der Waals surface area contributed by atoms with Gasteiger partial charge in [0.2, 0.25) is 0 Å². The van der Waals surface area contributed by atoms with Gasteiger partial charge in [-0.05, 0) is 55.3 Å². The zero-order valence-electron chi connectivity index (χ0n) is 17.0. The fraction of sp³-hybridized carbons (Fsp3) is 0.333. The summed E-state index contributed by atoms with van der Waals surface area (Å²) in [5.41, 5.74) is 2.87. The predicted octanol–water partition coefficient (Wildman–Crippen LogP) is 6.12. The van der Waals surface area contributed by atoms with Crippen LogP contribution >= 0.6 is 0 Å². The number of rotatable bonds is 10. The van der Waals surface area contributed by atoms with Crippen molar-refractivity contribution in [1.82, 2.24) is 9.97 Å². The van der Waals surface area contributed by atoms with Gasteiger partial charge in [0.15, 0.2) is 5.82 Å². The molecule has 3 aromatic rings. The van der Waals surface area contributed by atoms with Gasteiger partial charge in [-0.25, -0.2) is 14.4 Å². The Labute approximate surface area is 171 Å². The van der Waals surface area contributed by atoms with Crippen molar-refractivity contribution in [2.45, 2.75) is 39.3 Å². The molecule has 0 aliphatic heterocycles. The Balaban J connectivity index is 1.61. The molecule has 4 nitrogen and oxygen atoms in total. The molecular formula is C24H27FN2O2. The largest absolute Gasteiger partial charge is 0.494 e. The lowest BCUT2D eigenvalue weighted by Gasteiger charge is -2.08. The first-order valence-corrected chi connectivity index (χ1v) is 10.1. The van der Waals surface area contributed by atoms with E-state index in [4.69, 9.17) is 9.47 Å². The van der Waals surface area contributed by atoms with Gasteiger partial charge in [-0.15, -0.1) is 0 Å². The number of ether oxygens (including phenoxy) is 2. The summed E-state index contributed by atoms with van der Waals surface area (Å²) in [4.78, 5) is 8.96. The van der Waals surface area contributed by atoms with Gasteiger partial charge in [0.1, 0.15) is 24.3 Å². The van der Waals surface area contributed by atoms with Crippen LogP contribution in [-0.2, 0) is 0 Å². The third-order valence-corrected chi connectivity index (χ3v) is 4.45. The quantitative estimate of drug-likeness (QED) is 0.389. The lowest BCUT2D eigenvalue weighted by atomic mass is 10.1. The Bertz CT molecular complexity index is 863. The van der Waals surface area contributed by atoms with Gasteiger partial charge >= 0.3 is 0 Å². The van der Waals surface area contributed by atoms with Crippen molar-refractivity contribution in [1.29, 1.82) is 0 Å². The fourth-order valence-corrected chi connectivity index (χ4v) is 2.82. The maximum atomic E-state index is 12.9. The summed E-state index contributed by atoms with van der Waals surface area (Å²) >= 11 is 0. The number of halogens is 1. The number of benzene rings is 2. The van der Waals surface area contributed by atoms with Crippen LogP contribution in [0.5, 0.6) is 11.5 Å². The summed E-state index contributed by atoms with van der Waals surface area (Å²) in [6.45, 7) is 4.45. The number of hydrogen-bond donors (Lipinski definition) is 0. The molecule has 0 radical (unpaired) electrons. The number of hydrogen-bond acceptors (Lipinski definition) is 4. The summed E-state index contributed by atoms with van der Waals surface area (Å²) in [5, 5.41) is 0. The van der Waals surface area contributed by atoms with Crippen molar-refractivity contribution >= 4 is 0 Å². The van der Waals surface area contributed by atoms with Crippen LogP contribution in [0.15, 0.2) is 60.9 Å². The summed E-state index contributed by atoms with van der Waals surface area (Å²) in [7, 11) is 0. The van der Waals surface area contributed by atoms with Crippen molar-refractivity contribution in [3.63, 3.8) is 0 Å². The van der Waals surface area contributed by atoms with Gasteiger partial charge < -0.3 is 9.47 Å². The first-order chi connectivity index (χ1) is 14.2. The van der Waals surface area contributed by atoms with Crippen molar-refractivity contribution in [3.05, 3.63) is 60.9 Å². The molecule has 0 aliphatic rings. The Morgan fingerprint density at radius 2 is 1.38 bits per heavy atom. The molecule has 29 heavy (non-hydrogen) atoms. The molecule has 0 saturated heterocycles. The van der Waals surface area contributed by atoms with Crippen molar-refractivity contribution in [3.8, 4) is 34.0 Å². The van der Waals surface area contributed by atoms with Gasteiger partial charge in [0.05, 0.1) is 6.61 Å². The molecule has 152 valence electrons. The van der Waals surface area contributed by atoms with Gasteiger partial charge in [-0.3, -0.25) is 0 Å². The number of alkyl halides is 1. The smallest absolute Gasteiger partial charge is 0.159 e. The van der Waals surface area contributed by atoms with Crippen LogP contribution in [0, 0.1) is 0 Å². The molecule has 0 fully saturated rings. The van der Waals surface area contributed by atoms with E-state index in [-0.39, 0.29) is 6.61 Å². The Kier molecular flexibility index (Phi) is 7.56. The second-order valence-electron chi connectivity index (χ2n) is 6.99. The van der Waals surface area contributed by atoms with E-state index in [1.165, 1.54) is 19.8 Å². The van der Waals surface area contributed by atoms with E-state index in [1.807, 2.05) is 48.8 Å². The molecule has 0 saturated carbocycles. The monoisotopic (exact) mass is 394 g/mol. The summed E-state index contributed by atoms with van der Waals surface area (Å²) in [6.07, 6.45) is 6.09. The Hall–Kier alpha value is -2.95. The zero-order valence-corrected chi connectivity index (χ0v) is 17.0. The fourth-order valence-electron chi connectivity index (χ4n) is 2.82. The average Bonchev–Trinajstić information content (AvgIpc) is 2.76. The number of aromatic nitrogens is 2. The molecule has 5 heteroatoms.